The van der Waals surface area contributed by atoms with Gasteiger partial charge in [0.25, 0.3) is 0 Å². The van der Waals surface area contributed by atoms with Gasteiger partial charge in [0.2, 0.25) is 5.75 Å². The summed E-state index contributed by atoms with van der Waals surface area (Å²) in [6.07, 6.45) is 0. The summed E-state index contributed by atoms with van der Waals surface area (Å²) in [6.45, 7) is 0. The van der Waals surface area contributed by atoms with Crippen LogP contribution < -0.4 is 0 Å². The fraction of sp³-hybridized carbons (Fsp3) is 0. The van der Waals surface area contributed by atoms with Gasteiger partial charge in [0, 0.05) is 21.9 Å². The molecule has 0 aliphatic carbocycles. The van der Waals surface area contributed by atoms with Crippen LogP contribution >= 0.6 is 0 Å². The normalized spacial score (nSPS) is 11.6. The Morgan fingerprint density at radius 3 is 1.48 bits per heavy atom. The molecule has 0 fully saturated rings. The van der Waals surface area contributed by atoms with Gasteiger partial charge >= 0.3 is 0 Å². The molecule has 11 aromatic rings. The molecule has 8 aromatic carbocycles. The van der Waals surface area contributed by atoms with Crippen molar-refractivity contribution < 1.29 is 39.5 Å². The van der Waals surface area contributed by atoms with Gasteiger partial charge in [0.05, 0.1) is 16.3 Å². The van der Waals surface area contributed by atoms with E-state index in [-0.39, 0.29) is 33.8 Å². The Bertz CT molecular complexity index is 3570. The maximum Gasteiger partial charge on any atom is 0.202 e. The predicted octanol–water partition coefficient (Wildman–Crippen LogP) is 11.9. The predicted molar refractivity (Wildman–Crippen MR) is 237 cm³/mol. The van der Waals surface area contributed by atoms with Crippen molar-refractivity contribution in [1.82, 2.24) is 15.0 Å². The van der Waals surface area contributed by atoms with E-state index in [9.17, 15) is 30.6 Å². The standard InChI is InChI=1S/C51H31N3O8/c55-41-37(29-14-8-3-9-15-29)42(56)46(60)48-38(41)39-43(57)44(58)40(45(59)47(39)62-48)51-53-49(30-18-16-28(17-19-30)26-10-4-1-5-11-26)52-50(54-51)32-21-23-35-34(24-32)33-22-20-31(25-36(33)61-35)27-12-6-2-7-13-27/h1-25,55-60H. The molecule has 62 heavy (non-hydrogen) atoms. The molecule has 3 heterocycles. The summed E-state index contributed by atoms with van der Waals surface area (Å²) in [5, 5.41) is 70.3. The third-order valence-electron chi connectivity index (χ3n) is 11.2. The number of aromatic nitrogens is 3. The van der Waals surface area contributed by atoms with Gasteiger partial charge in [-0.3, -0.25) is 0 Å². The number of phenolic OH excluding ortho intramolecular Hbond substituents is 6. The first-order valence-electron chi connectivity index (χ1n) is 19.5. The number of benzene rings is 8. The average molecular weight is 814 g/mol. The third-order valence-corrected chi connectivity index (χ3v) is 11.2. The summed E-state index contributed by atoms with van der Waals surface area (Å²) in [7, 11) is 0. The van der Waals surface area contributed by atoms with Crippen LogP contribution in [0.25, 0.3) is 111 Å². The number of hydrogen-bond acceptors (Lipinski definition) is 11. The smallest absolute Gasteiger partial charge is 0.202 e. The zero-order valence-electron chi connectivity index (χ0n) is 32.3. The molecule has 11 heteroatoms. The SMILES string of the molecule is Oc1c(-c2ccccc2)c(O)c2c(oc3c(O)c(-c4nc(-c5ccc(-c6ccccc6)cc5)nc(-c5ccc6oc7cc(-c8ccccc8)ccc7c6c5)n4)c(O)c(O)c32)c1O. The van der Waals surface area contributed by atoms with Gasteiger partial charge in [-0.2, -0.15) is 0 Å². The van der Waals surface area contributed by atoms with Crippen LogP contribution in [0, 0.1) is 0 Å². The van der Waals surface area contributed by atoms with Crippen LogP contribution in [0.5, 0.6) is 34.5 Å². The molecule has 0 radical (unpaired) electrons. The van der Waals surface area contributed by atoms with E-state index in [4.69, 9.17) is 23.8 Å². The lowest BCUT2D eigenvalue weighted by atomic mass is 9.98. The van der Waals surface area contributed by atoms with Crippen molar-refractivity contribution in [3.05, 3.63) is 152 Å². The van der Waals surface area contributed by atoms with Gasteiger partial charge in [-0.25, -0.2) is 15.0 Å². The first-order chi connectivity index (χ1) is 30.2. The van der Waals surface area contributed by atoms with Crippen LogP contribution in [0.2, 0.25) is 0 Å². The Morgan fingerprint density at radius 1 is 0.306 bits per heavy atom. The van der Waals surface area contributed by atoms with Gasteiger partial charge in [-0.1, -0.05) is 121 Å². The van der Waals surface area contributed by atoms with E-state index < -0.39 is 51.2 Å². The molecule has 6 N–H and O–H groups in total. The molecule has 0 amide bonds. The molecule has 0 aliphatic heterocycles. The lowest BCUT2D eigenvalue weighted by Crippen LogP contribution is -2.01. The van der Waals surface area contributed by atoms with E-state index in [0.29, 0.717) is 27.9 Å². The third kappa shape index (κ3) is 5.64. The van der Waals surface area contributed by atoms with Gasteiger partial charge in [-0.05, 0) is 58.1 Å². The van der Waals surface area contributed by atoms with Crippen LogP contribution in [-0.4, -0.2) is 45.6 Å². The van der Waals surface area contributed by atoms with E-state index in [2.05, 4.69) is 0 Å². The summed E-state index contributed by atoms with van der Waals surface area (Å²) >= 11 is 0. The zero-order valence-corrected chi connectivity index (χ0v) is 32.3. The van der Waals surface area contributed by atoms with E-state index in [0.717, 1.165) is 33.0 Å². The maximum atomic E-state index is 12.0. The van der Waals surface area contributed by atoms with Crippen LogP contribution in [0.15, 0.2) is 160 Å². The van der Waals surface area contributed by atoms with Crippen molar-refractivity contribution in [2.75, 3.05) is 0 Å². The zero-order chi connectivity index (χ0) is 42.2. The molecule has 0 unspecified atom stereocenters. The largest absolute Gasteiger partial charge is 0.506 e. The molecule has 0 saturated heterocycles. The van der Waals surface area contributed by atoms with Crippen molar-refractivity contribution in [3.63, 3.8) is 0 Å². The fourth-order valence-corrected chi connectivity index (χ4v) is 8.15. The second-order valence-corrected chi connectivity index (χ2v) is 14.9. The second kappa shape index (κ2) is 13.9. The van der Waals surface area contributed by atoms with E-state index in [1.807, 2.05) is 115 Å². The van der Waals surface area contributed by atoms with Gasteiger partial charge in [0.1, 0.15) is 22.5 Å². The molecule has 298 valence electrons. The highest BCUT2D eigenvalue weighted by Crippen LogP contribution is 2.58. The first kappa shape index (κ1) is 36.3. The number of phenols is 6. The number of hydrogen-bond donors (Lipinski definition) is 6. The highest BCUT2D eigenvalue weighted by atomic mass is 16.4. The van der Waals surface area contributed by atoms with Crippen LogP contribution in [0.1, 0.15) is 0 Å². The highest BCUT2D eigenvalue weighted by Gasteiger charge is 2.32. The number of rotatable bonds is 6. The number of fused-ring (bicyclic) bond motifs is 6. The number of aromatic hydroxyl groups is 6. The van der Waals surface area contributed by atoms with E-state index in [1.165, 1.54) is 0 Å². The summed E-state index contributed by atoms with van der Waals surface area (Å²) in [4.78, 5) is 14.3. The first-order valence-corrected chi connectivity index (χ1v) is 19.5. The van der Waals surface area contributed by atoms with Crippen LogP contribution in [0.4, 0.5) is 0 Å². The second-order valence-electron chi connectivity index (χ2n) is 14.9. The van der Waals surface area contributed by atoms with Crippen molar-refractivity contribution >= 4 is 43.9 Å². The molecule has 0 spiro atoms. The minimum atomic E-state index is -0.834. The minimum Gasteiger partial charge on any atom is -0.506 e. The van der Waals surface area contributed by atoms with E-state index >= 15 is 0 Å². The molecule has 11 rings (SSSR count). The maximum absolute atomic E-state index is 12.0. The Balaban J connectivity index is 1.11. The van der Waals surface area contributed by atoms with Crippen molar-refractivity contribution in [2.24, 2.45) is 0 Å². The Hall–Kier alpha value is -8.83. The highest BCUT2D eigenvalue weighted by molar-refractivity contribution is 6.19. The molecule has 0 saturated carbocycles. The molecule has 3 aromatic heterocycles. The lowest BCUT2D eigenvalue weighted by molar-refractivity contribution is 0.396. The summed E-state index contributed by atoms with van der Waals surface area (Å²) in [6, 6.07) is 47.3. The molecule has 0 bridgehead atoms. The molecule has 0 aliphatic rings. The fourth-order valence-electron chi connectivity index (χ4n) is 8.15. The van der Waals surface area contributed by atoms with Gasteiger partial charge in [0.15, 0.2) is 51.6 Å². The van der Waals surface area contributed by atoms with Crippen molar-refractivity contribution in [2.45, 2.75) is 0 Å². The lowest BCUT2D eigenvalue weighted by Gasteiger charge is -2.13. The summed E-state index contributed by atoms with van der Waals surface area (Å²) in [5.74, 6) is -4.22. The monoisotopic (exact) mass is 813 g/mol. The van der Waals surface area contributed by atoms with Gasteiger partial charge in [-0.15, -0.1) is 0 Å². The summed E-state index contributed by atoms with van der Waals surface area (Å²) in [5.41, 5.74) is 5.45. The van der Waals surface area contributed by atoms with Crippen LogP contribution in [0.3, 0.4) is 0 Å². The quantitative estimate of drug-likeness (QED) is 0.0693. The van der Waals surface area contributed by atoms with Crippen molar-refractivity contribution in [3.8, 4) is 102 Å². The van der Waals surface area contributed by atoms with Gasteiger partial charge < -0.3 is 39.5 Å². The Morgan fingerprint density at radius 2 is 0.806 bits per heavy atom. The summed E-state index contributed by atoms with van der Waals surface area (Å²) < 4.78 is 12.2. The van der Waals surface area contributed by atoms with Crippen molar-refractivity contribution in [1.29, 1.82) is 0 Å². The molecular formula is C51H31N3O8. The van der Waals surface area contributed by atoms with Crippen LogP contribution in [-0.2, 0) is 0 Å². The minimum absolute atomic E-state index is 0.148. The molecular weight excluding hydrogens is 783 g/mol. The Kier molecular flexibility index (Phi) is 8.12. The van der Waals surface area contributed by atoms with E-state index in [1.54, 1.807) is 36.4 Å². The number of nitrogens with zero attached hydrogens (tertiary/aromatic N) is 3. The average Bonchev–Trinajstić information content (AvgIpc) is 3.91. The Labute approximate surface area is 351 Å². The molecule has 11 nitrogen and oxygen atoms in total. The molecule has 0 atom stereocenters. The number of furan rings is 2. The topological polar surface area (TPSA) is 186 Å².